The summed E-state index contributed by atoms with van der Waals surface area (Å²) in [4.78, 5) is 19.1. The third-order valence-corrected chi connectivity index (χ3v) is 4.75. The van der Waals surface area contributed by atoms with Gasteiger partial charge in [0.1, 0.15) is 5.75 Å². The number of para-hydroxylation sites is 3. The van der Waals surface area contributed by atoms with Crippen molar-refractivity contribution < 1.29 is 9.53 Å². The Kier molecular flexibility index (Phi) is 4.14. The molecule has 5 heteroatoms. The average molecular weight is 335 g/mol. The molecule has 0 radical (unpaired) electrons. The molecule has 0 unspecified atom stereocenters. The van der Waals surface area contributed by atoms with Gasteiger partial charge in [0.05, 0.1) is 23.4 Å². The number of carbonyl (C=O) groups is 1. The van der Waals surface area contributed by atoms with E-state index < -0.39 is 6.10 Å². The Balaban J connectivity index is 1.44. The normalized spacial score (nSPS) is 18.4. The summed E-state index contributed by atoms with van der Waals surface area (Å²) in [6.07, 6.45) is 2.33. The third kappa shape index (κ3) is 3.09. The van der Waals surface area contributed by atoms with Crippen LogP contribution in [-0.4, -0.2) is 39.6 Å². The predicted molar refractivity (Wildman–Crippen MR) is 96.5 cm³/mol. The van der Waals surface area contributed by atoms with Gasteiger partial charge in [-0.25, -0.2) is 4.98 Å². The second-order valence-corrected chi connectivity index (χ2v) is 6.44. The molecule has 1 fully saturated rings. The Labute approximate surface area is 146 Å². The lowest BCUT2D eigenvalue weighted by Gasteiger charge is -2.22. The number of ether oxygens (including phenoxy) is 1. The van der Waals surface area contributed by atoms with E-state index in [1.54, 1.807) is 0 Å². The monoisotopic (exact) mass is 335 g/mol. The fraction of sp³-hybridized carbons (Fsp3) is 0.300. The molecule has 0 N–H and O–H groups in total. The maximum absolute atomic E-state index is 12.7. The standard InChI is InChI=1S/C20H21N3O2/c1-15(25-17-7-3-2-4-8-17)20(24)22-12-11-16(13-22)23-14-21-18-9-5-6-10-19(18)23/h2-10,14-16H,11-13H2,1H3/t15-,16+/m1/s1. The minimum Gasteiger partial charge on any atom is -0.481 e. The number of hydrogen-bond acceptors (Lipinski definition) is 3. The molecule has 0 spiro atoms. The third-order valence-electron chi connectivity index (χ3n) is 4.75. The molecule has 1 saturated heterocycles. The molecule has 2 heterocycles. The van der Waals surface area contributed by atoms with Crippen molar-refractivity contribution in [3.8, 4) is 5.75 Å². The molecule has 1 aliphatic rings. The first-order valence-corrected chi connectivity index (χ1v) is 8.64. The van der Waals surface area contributed by atoms with Crippen molar-refractivity contribution in [1.82, 2.24) is 14.5 Å². The van der Waals surface area contributed by atoms with Crippen LogP contribution >= 0.6 is 0 Å². The molecule has 5 nitrogen and oxygen atoms in total. The molecular formula is C20H21N3O2. The second-order valence-electron chi connectivity index (χ2n) is 6.44. The van der Waals surface area contributed by atoms with Crippen molar-refractivity contribution in [3.63, 3.8) is 0 Å². The van der Waals surface area contributed by atoms with E-state index in [2.05, 4.69) is 15.6 Å². The van der Waals surface area contributed by atoms with Gasteiger partial charge < -0.3 is 14.2 Å². The Morgan fingerprint density at radius 2 is 1.92 bits per heavy atom. The summed E-state index contributed by atoms with van der Waals surface area (Å²) in [5, 5.41) is 0. The minimum atomic E-state index is -0.485. The van der Waals surface area contributed by atoms with Gasteiger partial charge in [-0.1, -0.05) is 30.3 Å². The Bertz CT molecular complexity index is 875. The Morgan fingerprint density at radius 3 is 2.76 bits per heavy atom. The number of likely N-dealkylation sites (tertiary alicyclic amines) is 1. The van der Waals surface area contributed by atoms with Gasteiger partial charge in [0, 0.05) is 13.1 Å². The molecule has 4 rings (SSSR count). The SMILES string of the molecule is C[C@@H](Oc1ccccc1)C(=O)N1CC[C@H](n2cnc3ccccc32)C1. The van der Waals surface area contributed by atoms with E-state index in [0.717, 1.165) is 29.7 Å². The second kappa shape index (κ2) is 6.59. The maximum atomic E-state index is 12.7. The topological polar surface area (TPSA) is 47.4 Å². The van der Waals surface area contributed by atoms with E-state index >= 15 is 0 Å². The molecular weight excluding hydrogens is 314 g/mol. The van der Waals surface area contributed by atoms with Crippen molar-refractivity contribution in [2.24, 2.45) is 0 Å². The van der Waals surface area contributed by atoms with Crippen LogP contribution in [0.25, 0.3) is 11.0 Å². The first-order chi connectivity index (χ1) is 12.2. The van der Waals surface area contributed by atoms with E-state index in [-0.39, 0.29) is 11.9 Å². The average Bonchev–Trinajstić information content (AvgIpc) is 3.28. The maximum Gasteiger partial charge on any atom is 0.263 e. The molecule has 0 bridgehead atoms. The van der Waals surface area contributed by atoms with Crippen LogP contribution in [0.2, 0.25) is 0 Å². The van der Waals surface area contributed by atoms with E-state index in [1.807, 2.05) is 66.7 Å². The highest BCUT2D eigenvalue weighted by Crippen LogP contribution is 2.26. The van der Waals surface area contributed by atoms with Crippen molar-refractivity contribution >= 4 is 16.9 Å². The summed E-state index contributed by atoms with van der Waals surface area (Å²) < 4.78 is 7.96. The van der Waals surface area contributed by atoms with Crippen LogP contribution in [0, 0.1) is 0 Å². The van der Waals surface area contributed by atoms with Crippen molar-refractivity contribution in [1.29, 1.82) is 0 Å². The van der Waals surface area contributed by atoms with Gasteiger partial charge in [0.2, 0.25) is 0 Å². The zero-order valence-electron chi connectivity index (χ0n) is 14.2. The van der Waals surface area contributed by atoms with E-state index in [0.29, 0.717) is 6.54 Å². The van der Waals surface area contributed by atoms with Gasteiger partial charge in [-0.3, -0.25) is 4.79 Å². The molecule has 0 aliphatic carbocycles. The number of rotatable bonds is 4. The Hall–Kier alpha value is -2.82. The first-order valence-electron chi connectivity index (χ1n) is 8.64. The fourth-order valence-electron chi connectivity index (χ4n) is 3.45. The van der Waals surface area contributed by atoms with E-state index in [4.69, 9.17) is 4.74 Å². The fourth-order valence-corrected chi connectivity index (χ4v) is 3.45. The van der Waals surface area contributed by atoms with Crippen molar-refractivity contribution in [2.45, 2.75) is 25.5 Å². The van der Waals surface area contributed by atoms with Crippen LogP contribution in [0.1, 0.15) is 19.4 Å². The molecule has 1 aliphatic heterocycles. The summed E-state index contributed by atoms with van der Waals surface area (Å²) in [5.74, 6) is 0.760. The van der Waals surface area contributed by atoms with Gasteiger partial charge in [0.15, 0.2) is 6.10 Å². The number of hydrogen-bond donors (Lipinski definition) is 0. The number of benzene rings is 2. The van der Waals surface area contributed by atoms with Crippen molar-refractivity contribution in [2.75, 3.05) is 13.1 Å². The number of amides is 1. The number of imidazole rings is 1. The van der Waals surface area contributed by atoms with Gasteiger partial charge in [-0.05, 0) is 37.6 Å². The summed E-state index contributed by atoms with van der Waals surface area (Å²) in [6.45, 7) is 3.26. The Morgan fingerprint density at radius 1 is 1.16 bits per heavy atom. The number of aromatic nitrogens is 2. The summed E-state index contributed by atoms with van der Waals surface area (Å²) in [5.41, 5.74) is 2.11. The van der Waals surface area contributed by atoms with Crippen LogP contribution < -0.4 is 4.74 Å². The van der Waals surface area contributed by atoms with Crippen LogP contribution in [0.5, 0.6) is 5.75 Å². The van der Waals surface area contributed by atoms with Gasteiger partial charge in [-0.15, -0.1) is 0 Å². The molecule has 3 aromatic rings. The van der Waals surface area contributed by atoms with Crippen LogP contribution in [0.15, 0.2) is 60.9 Å². The lowest BCUT2D eigenvalue weighted by Crippen LogP contribution is -2.39. The summed E-state index contributed by atoms with van der Waals surface area (Å²) in [6, 6.07) is 17.8. The molecule has 0 saturated carbocycles. The molecule has 25 heavy (non-hydrogen) atoms. The van der Waals surface area contributed by atoms with Gasteiger partial charge in [0.25, 0.3) is 5.91 Å². The molecule has 1 aromatic heterocycles. The molecule has 2 atom stereocenters. The summed E-state index contributed by atoms with van der Waals surface area (Å²) >= 11 is 0. The highest BCUT2D eigenvalue weighted by Gasteiger charge is 2.31. The van der Waals surface area contributed by atoms with E-state index in [9.17, 15) is 4.79 Å². The number of fused-ring (bicyclic) bond motifs is 1. The highest BCUT2D eigenvalue weighted by molar-refractivity contribution is 5.81. The number of carbonyl (C=O) groups excluding carboxylic acids is 1. The van der Waals surface area contributed by atoms with Crippen LogP contribution in [-0.2, 0) is 4.79 Å². The smallest absolute Gasteiger partial charge is 0.263 e. The predicted octanol–water partition coefficient (Wildman–Crippen LogP) is 3.28. The van der Waals surface area contributed by atoms with Crippen LogP contribution in [0.3, 0.4) is 0 Å². The van der Waals surface area contributed by atoms with Crippen molar-refractivity contribution in [3.05, 3.63) is 60.9 Å². The number of nitrogens with zero attached hydrogens (tertiary/aromatic N) is 3. The van der Waals surface area contributed by atoms with Gasteiger partial charge >= 0.3 is 0 Å². The molecule has 128 valence electrons. The highest BCUT2D eigenvalue weighted by atomic mass is 16.5. The molecule has 2 aromatic carbocycles. The minimum absolute atomic E-state index is 0.0378. The zero-order valence-corrected chi connectivity index (χ0v) is 14.2. The zero-order chi connectivity index (χ0) is 17.2. The largest absolute Gasteiger partial charge is 0.481 e. The first kappa shape index (κ1) is 15.7. The van der Waals surface area contributed by atoms with E-state index in [1.165, 1.54) is 0 Å². The quantitative estimate of drug-likeness (QED) is 0.735. The van der Waals surface area contributed by atoms with Gasteiger partial charge in [-0.2, -0.15) is 0 Å². The molecule has 1 amide bonds. The summed E-state index contributed by atoms with van der Waals surface area (Å²) in [7, 11) is 0. The lowest BCUT2D eigenvalue weighted by atomic mass is 10.2. The lowest BCUT2D eigenvalue weighted by molar-refractivity contribution is -0.136. The van der Waals surface area contributed by atoms with Crippen LogP contribution in [0.4, 0.5) is 0 Å².